The second kappa shape index (κ2) is 15.5. The molecule has 3 aromatic rings. The van der Waals surface area contributed by atoms with E-state index in [1.807, 2.05) is 24.3 Å². The molecule has 1 heterocycles. The summed E-state index contributed by atoms with van der Waals surface area (Å²) in [6.07, 6.45) is 3.37. The number of hydrogen-bond acceptors (Lipinski definition) is 7. The van der Waals surface area contributed by atoms with E-state index in [2.05, 4.69) is 20.9 Å². The Morgan fingerprint density at radius 1 is 0.805 bits per heavy atom. The van der Waals surface area contributed by atoms with Gasteiger partial charge in [0.15, 0.2) is 0 Å². The van der Waals surface area contributed by atoms with Crippen molar-refractivity contribution in [2.45, 2.75) is 56.3 Å². The zero-order valence-electron chi connectivity index (χ0n) is 22.7. The molecule has 0 spiro atoms. The fourth-order valence-corrected chi connectivity index (χ4v) is 4.46. The molecule has 0 aliphatic heterocycles. The number of nitrogens with two attached hydrogens (primary N) is 2. The minimum absolute atomic E-state index is 0.0140. The first kappa shape index (κ1) is 31.3. The Hall–Kier alpha value is -4.26. The number of aromatic nitrogens is 1. The number of amides is 3. The number of H-pyrrole nitrogens is 1. The molecule has 3 rings (SSSR count). The number of carbonyl (C=O) groups excluding carboxylic acids is 3. The number of carbonyl (C=O) groups is 4. The van der Waals surface area contributed by atoms with E-state index in [0.717, 1.165) is 16.5 Å². The second-order valence-electron chi connectivity index (χ2n) is 9.85. The van der Waals surface area contributed by atoms with E-state index < -0.39 is 54.5 Å². The minimum Gasteiger partial charge on any atom is -0.480 e. The number of aromatic amines is 1. The number of aliphatic hydroxyl groups excluding tert-OH is 1. The third kappa shape index (κ3) is 9.13. The van der Waals surface area contributed by atoms with Crippen LogP contribution in [0.25, 0.3) is 10.9 Å². The van der Waals surface area contributed by atoms with Crippen LogP contribution >= 0.6 is 0 Å². The topological polar surface area (TPSA) is 213 Å². The van der Waals surface area contributed by atoms with Crippen molar-refractivity contribution in [2.75, 3.05) is 13.2 Å². The first-order valence-electron chi connectivity index (χ1n) is 13.5. The van der Waals surface area contributed by atoms with Gasteiger partial charge in [-0.3, -0.25) is 14.4 Å². The maximum Gasteiger partial charge on any atom is 0.326 e. The lowest BCUT2D eigenvalue weighted by Crippen LogP contribution is -2.58. The molecule has 12 heteroatoms. The summed E-state index contributed by atoms with van der Waals surface area (Å²) in [6.45, 7) is -0.388. The fourth-order valence-electron chi connectivity index (χ4n) is 4.46. The molecule has 1 aromatic heterocycles. The Labute approximate surface area is 237 Å². The van der Waals surface area contributed by atoms with Gasteiger partial charge < -0.3 is 42.6 Å². The monoisotopic (exact) mass is 566 g/mol. The van der Waals surface area contributed by atoms with Crippen LogP contribution in [0, 0.1) is 0 Å². The van der Waals surface area contributed by atoms with Gasteiger partial charge in [-0.15, -0.1) is 0 Å². The molecular formula is C29H38N6O6. The van der Waals surface area contributed by atoms with Crippen LogP contribution in [0.5, 0.6) is 0 Å². The molecule has 10 N–H and O–H groups in total. The number of para-hydroxylation sites is 1. The van der Waals surface area contributed by atoms with Gasteiger partial charge in [-0.2, -0.15) is 0 Å². The zero-order valence-corrected chi connectivity index (χ0v) is 22.7. The molecule has 0 bridgehead atoms. The highest BCUT2D eigenvalue weighted by Crippen LogP contribution is 2.19. The van der Waals surface area contributed by atoms with E-state index in [1.165, 1.54) is 0 Å². The SMILES string of the molecule is NCCCCC(NC(=O)C(N)Cc1c[nH]c2ccccc12)C(=O)NC(CO)C(=O)NC(Cc1ccccc1)C(=O)O. The van der Waals surface area contributed by atoms with E-state index in [4.69, 9.17) is 11.5 Å². The molecule has 0 fully saturated rings. The molecular weight excluding hydrogens is 528 g/mol. The molecule has 0 saturated carbocycles. The van der Waals surface area contributed by atoms with Gasteiger partial charge in [0.2, 0.25) is 17.7 Å². The van der Waals surface area contributed by atoms with Gasteiger partial charge >= 0.3 is 5.97 Å². The van der Waals surface area contributed by atoms with Crippen molar-refractivity contribution in [3.8, 4) is 0 Å². The molecule has 2 aromatic carbocycles. The van der Waals surface area contributed by atoms with Crippen molar-refractivity contribution in [2.24, 2.45) is 11.5 Å². The number of carboxylic acid groups (broad SMARTS) is 1. The number of aliphatic hydroxyl groups is 1. The maximum absolute atomic E-state index is 13.2. The number of rotatable bonds is 16. The summed E-state index contributed by atoms with van der Waals surface area (Å²) in [6, 6.07) is 11.6. The second-order valence-corrected chi connectivity index (χ2v) is 9.85. The van der Waals surface area contributed by atoms with Crippen molar-refractivity contribution in [1.29, 1.82) is 0 Å². The molecule has 0 saturated heterocycles. The molecule has 0 aliphatic carbocycles. The van der Waals surface area contributed by atoms with Crippen molar-refractivity contribution >= 4 is 34.6 Å². The quantitative estimate of drug-likeness (QED) is 0.110. The lowest BCUT2D eigenvalue weighted by Gasteiger charge is -2.24. The van der Waals surface area contributed by atoms with Crippen LogP contribution in [0.1, 0.15) is 30.4 Å². The van der Waals surface area contributed by atoms with Crippen LogP contribution in [0.4, 0.5) is 0 Å². The molecule has 12 nitrogen and oxygen atoms in total. The van der Waals surface area contributed by atoms with Crippen LogP contribution < -0.4 is 27.4 Å². The average Bonchev–Trinajstić information content (AvgIpc) is 3.37. The van der Waals surface area contributed by atoms with Gasteiger partial charge in [0.05, 0.1) is 12.6 Å². The summed E-state index contributed by atoms with van der Waals surface area (Å²) in [7, 11) is 0. The summed E-state index contributed by atoms with van der Waals surface area (Å²) in [5, 5.41) is 27.8. The Bertz CT molecular complexity index is 1310. The van der Waals surface area contributed by atoms with Crippen LogP contribution in [-0.4, -0.2) is 76.2 Å². The Morgan fingerprint density at radius 2 is 1.44 bits per heavy atom. The summed E-state index contributed by atoms with van der Waals surface area (Å²) in [4.78, 5) is 53.9. The standard InChI is InChI=1S/C29H38N6O6/c30-13-7-6-12-23(33-26(37)21(31)15-19-16-32-22-11-5-4-10-20(19)22)27(38)35-25(17-36)28(39)34-24(29(40)41)14-18-8-2-1-3-9-18/h1-5,8-11,16,21,23-25,32,36H,6-7,12-15,17,30-31H2,(H,33,37)(H,34,39)(H,35,38)(H,40,41). The largest absolute Gasteiger partial charge is 0.480 e. The lowest BCUT2D eigenvalue weighted by atomic mass is 10.0. The van der Waals surface area contributed by atoms with E-state index in [9.17, 15) is 29.4 Å². The minimum atomic E-state index is -1.44. The molecule has 3 amide bonds. The summed E-state index contributed by atoms with van der Waals surface area (Å²) < 4.78 is 0. The third-order valence-electron chi connectivity index (χ3n) is 6.74. The zero-order chi connectivity index (χ0) is 29.8. The van der Waals surface area contributed by atoms with E-state index >= 15 is 0 Å². The predicted octanol–water partition coefficient (Wildman–Crippen LogP) is -0.0593. The van der Waals surface area contributed by atoms with E-state index in [1.54, 1.807) is 36.5 Å². The van der Waals surface area contributed by atoms with Crippen LogP contribution in [0.15, 0.2) is 60.8 Å². The van der Waals surface area contributed by atoms with Crippen molar-refractivity contribution in [1.82, 2.24) is 20.9 Å². The molecule has 220 valence electrons. The lowest BCUT2D eigenvalue weighted by molar-refractivity contribution is -0.142. The molecule has 4 unspecified atom stereocenters. The fraction of sp³-hybridized carbons (Fsp3) is 0.379. The number of aliphatic carboxylic acids is 1. The van der Waals surface area contributed by atoms with Gasteiger partial charge in [-0.1, -0.05) is 48.5 Å². The van der Waals surface area contributed by atoms with E-state index in [0.29, 0.717) is 24.9 Å². The third-order valence-corrected chi connectivity index (χ3v) is 6.74. The van der Waals surface area contributed by atoms with Gasteiger partial charge in [0, 0.05) is 23.5 Å². The van der Waals surface area contributed by atoms with Gasteiger partial charge in [0.1, 0.15) is 18.1 Å². The molecule has 41 heavy (non-hydrogen) atoms. The molecule has 0 radical (unpaired) electrons. The Kier molecular flexibility index (Phi) is 11.8. The summed E-state index contributed by atoms with van der Waals surface area (Å²) in [5.74, 6) is -3.39. The number of nitrogens with one attached hydrogen (secondary N) is 4. The number of hydrogen-bond donors (Lipinski definition) is 8. The van der Waals surface area contributed by atoms with Gasteiger partial charge in [-0.25, -0.2) is 4.79 Å². The van der Waals surface area contributed by atoms with Crippen LogP contribution in [0.2, 0.25) is 0 Å². The number of unbranched alkanes of at least 4 members (excludes halogenated alkanes) is 1. The molecule has 4 atom stereocenters. The number of fused-ring (bicyclic) bond motifs is 1. The maximum atomic E-state index is 13.2. The first-order chi connectivity index (χ1) is 19.7. The highest BCUT2D eigenvalue weighted by Gasteiger charge is 2.30. The Balaban J connectivity index is 1.64. The smallest absolute Gasteiger partial charge is 0.326 e. The Morgan fingerprint density at radius 3 is 2.12 bits per heavy atom. The van der Waals surface area contributed by atoms with Gasteiger partial charge in [-0.05, 0) is 49.4 Å². The van der Waals surface area contributed by atoms with Crippen molar-refractivity contribution in [3.05, 3.63) is 71.9 Å². The van der Waals surface area contributed by atoms with Gasteiger partial charge in [0.25, 0.3) is 0 Å². The summed E-state index contributed by atoms with van der Waals surface area (Å²) in [5.41, 5.74) is 14.2. The molecule has 0 aliphatic rings. The van der Waals surface area contributed by atoms with Crippen LogP contribution in [-0.2, 0) is 32.0 Å². The first-order valence-corrected chi connectivity index (χ1v) is 13.5. The average molecular weight is 567 g/mol. The normalized spacial score (nSPS) is 14.0. The van der Waals surface area contributed by atoms with Crippen molar-refractivity contribution < 1.29 is 29.4 Å². The summed E-state index contributed by atoms with van der Waals surface area (Å²) >= 11 is 0. The van der Waals surface area contributed by atoms with E-state index in [-0.39, 0.29) is 19.3 Å². The van der Waals surface area contributed by atoms with Crippen LogP contribution in [0.3, 0.4) is 0 Å². The predicted molar refractivity (Wildman–Crippen MR) is 154 cm³/mol. The highest BCUT2D eigenvalue weighted by molar-refractivity contribution is 5.94. The highest BCUT2D eigenvalue weighted by atomic mass is 16.4. The van der Waals surface area contributed by atoms with Crippen molar-refractivity contribution in [3.63, 3.8) is 0 Å². The number of benzene rings is 2. The number of carboxylic acids is 1.